The van der Waals surface area contributed by atoms with E-state index >= 15 is 0 Å². The molecule has 0 bridgehead atoms. The molecule has 1 aliphatic carbocycles. The molecular weight excluding hydrogens is 270 g/mol. The zero-order valence-corrected chi connectivity index (χ0v) is 13.8. The summed E-state index contributed by atoms with van der Waals surface area (Å²) in [5.74, 6) is 1.55. The van der Waals surface area contributed by atoms with Crippen molar-refractivity contribution in [3.63, 3.8) is 0 Å². The molecule has 1 fully saturated rings. The second-order valence-electron chi connectivity index (χ2n) is 6.49. The first-order valence-electron chi connectivity index (χ1n) is 7.93. The normalized spacial score (nSPS) is 28.5. The lowest BCUT2D eigenvalue weighted by Gasteiger charge is -2.38. The average molecular weight is 298 g/mol. The van der Waals surface area contributed by atoms with Crippen molar-refractivity contribution in [2.45, 2.75) is 71.0 Å². The van der Waals surface area contributed by atoms with Gasteiger partial charge in [-0.3, -0.25) is 4.68 Å². The molecule has 1 heterocycles. The van der Waals surface area contributed by atoms with E-state index in [0.29, 0.717) is 11.9 Å². The maximum absolute atomic E-state index is 6.24. The van der Waals surface area contributed by atoms with Gasteiger partial charge in [-0.15, -0.1) is 11.6 Å². The largest absolute Gasteiger partial charge is 0.304 e. The van der Waals surface area contributed by atoms with Crippen LogP contribution in [0.15, 0.2) is 12.3 Å². The molecule has 1 aromatic heterocycles. The number of aromatic nitrogens is 2. The minimum absolute atomic E-state index is 0.119. The first-order valence-corrected chi connectivity index (χ1v) is 8.47. The van der Waals surface area contributed by atoms with E-state index in [9.17, 15) is 0 Å². The fourth-order valence-electron chi connectivity index (χ4n) is 2.85. The highest BCUT2D eigenvalue weighted by Crippen LogP contribution is 2.33. The van der Waals surface area contributed by atoms with Crippen LogP contribution in [-0.4, -0.2) is 21.2 Å². The molecule has 1 saturated carbocycles. The number of hydrogen-bond donors (Lipinski definition) is 1. The summed E-state index contributed by atoms with van der Waals surface area (Å²) in [6.45, 7) is 7.55. The van der Waals surface area contributed by atoms with E-state index in [4.69, 9.17) is 11.6 Å². The van der Waals surface area contributed by atoms with Crippen LogP contribution in [0.5, 0.6) is 0 Å². The van der Waals surface area contributed by atoms with E-state index in [1.165, 1.54) is 25.7 Å². The highest BCUT2D eigenvalue weighted by atomic mass is 35.5. The van der Waals surface area contributed by atoms with E-state index in [1.54, 1.807) is 0 Å². The number of nitrogens with zero attached hydrogens (tertiary/aromatic N) is 2. The average Bonchev–Trinajstić information content (AvgIpc) is 2.95. The van der Waals surface area contributed by atoms with Gasteiger partial charge in [0.15, 0.2) is 0 Å². The summed E-state index contributed by atoms with van der Waals surface area (Å²) in [6, 6.07) is 2.59. The fraction of sp³-hybridized carbons (Fsp3) is 0.812. The van der Waals surface area contributed by atoms with Crippen molar-refractivity contribution >= 4 is 11.6 Å². The Balaban J connectivity index is 1.91. The quantitative estimate of drug-likeness (QED) is 0.800. The summed E-state index contributed by atoms with van der Waals surface area (Å²) < 4.78 is 2.06. The summed E-state index contributed by atoms with van der Waals surface area (Å²) in [5, 5.41) is 8.34. The molecular formula is C16H28ClN3. The monoisotopic (exact) mass is 297 g/mol. The highest BCUT2D eigenvalue weighted by Gasteiger charge is 2.32. The lowest BCUT2D eigenvalue weighted by molar-refractivity contribution is 0.215. The smallest absolute Gasteiger partial charge is 0.0762 e. The van der Waals surface area contributed by atoms with E-state index in [-0.39, 0.29) is 5.54 Å². The maximum Gasteiger partial charge on any atom is 0.0762 e. The van der Waals surface area contributed by atoms with Crippen LogP contribution in [0.4, 0.5) is 0 Å². The Bertz CT molecular complexity index is 408. The molecule has 1 N–H and O–H groups in total. The van der Waals surface area contributed by atoms with Gasteiger partial charge in [0.25, 0.3) is 0 Å². The van der Waals surface area contributed by atoms with Crippen molar-refractivity contribution < 1.29 is 0 Å². The molecule has 2 rings (SSSR count). The van der Waals surface area contributed by atoms with Gasteiger partial charge >= 0.3 is 0 Å². The first-order chi connectivity index (χ1) is 9.58. The van der Waals surface area contributed by atoms with E-state index in [1.807, 2.05) is 0 Å². The molecule has 0 amide bonds. The van der Waals surface area contributed by atoms with Crippen molar-refractivity contribution in [3.05, 3.63) is 18.0 Å². The summed E-state index contributed by atoms with van der Waals surface area (Å²) in [5.41, 5.74) is 1.24. The van der Waals surface area contributed by atoms with Crippen molar-refractivity contribution in [2.24, 2.45) is 5.92 Å². The standard InChI is InChI=1S/C16H28ClN3/c1-4-14(3)20-10-7-15(19-20)11-18-16(12-17)8-5-13(2)6-9-16/h7,10,13-14,18H,4-6,8-9,11-12H2,1-3H3. The van der Waals surface area contributed by atoms with E-state index in [2.05, 4.69) is 48.1 Å². The zero-order valence-electron chi connectivity index (χ0n) is 13.0. The van der Waals surface area contributed by atoms with Crippen LogP contribution in [0.3, 0.4) is 0 Å². The molecule has 20 heavy (non-hydrogen) atoms. The van der Waals surface area contributed by atoms with Gasteiger partial charge in [0.2, 0.25) is 0 Å². The minimum Gasteiger partial charge on any atom is -0.304 e. The number of nitrogens with one attached hydrogen (secondary N) is 1. The van der Waals surface area contributed by atoms with Crippen LogP contribution in [-0.2, 0) is 6.54 Å². The third kappa shape index (κ3) is 3.76. The predicted octanol–water partition coefficient (Wildman–Crippen LogP) is 4.13. The van der Waals surface area contributed by atoms with Gasteiger partial charge in [-0.25, -0.2) is 0 Å². The molecule has 1 atom stereocenters. The number of hydrogen-bond acceptors (Lipinski definition) is 2. The minimum atomic E-state index is 0.119. The van der Waals surface area contributed by atoms with Gasteiger partial charge in [0.05, 0.1) is 5.69 Å². The Morgan fingerprint density at radius 3 is 2.80 bits per heavy atom. The van der Waals surface area contributed by atoms with Gasteiger partial charge < -0.3 is 5.32 Å². The molecule has 114 valence electrons. The molecule has 1 aromatic rings. The summed E-state index contributed by atoms with van der Waals surface area (Å²) >= 11 is 6.24. The second-order valence-corrected chi connectivity index (χ2v) is 6.76. The summed E-state index contributed by atoms with van der Waals surface area (Å²) in [6.07, 6.45) is 8.12. The third-order valence-corrected chi connectivity index (χ3v) is 5.35. The van der Waals surface area contributed by atoms with Crippen molar-refractivity contribution in [3.8, 4) is 0 Å². The van der Waals surface area contributed by atoms with Crippen LogP contribution in [0.25, 0.3) is 0 Å². The van der Waals surface area contributed by atoms with Crippen LogP contribution >= 0.6 is 11.6 Å². The third-order valence-electron chi connectivity index (χ3n) is 4.84. The zero-order chi connectivity index (χ0) is 14.6. The Kier molecular flexibility index (Phi) is 5.50. The molecule has 0 radical (unpaired) electrons. The van der Waals surface area contributed by atoms with Crippen molar-refractivity contribution in [2.75, 3.05) is 5.88 Å². The Morgan fingerprint density at radius 2 is 2.20 bits per heavy atom. The molecule has 0 saturated heterocycles. The molecule has 0 aliphatic heterocycles. The van der Waals surface area contributed by atoms with Gasteiger partial charge in [-0.05, 0) is 51.0 Å². The van der Waals surface area contributed by atoms with Crippen molar-refractivity contribution in [1.82, 2.24) is 15.1 Å². The Morgan fingerprint density at radius 1 is 1.50 bits per heavy atom. The first kappa shape index (κ1) is 15.8. The number of alkyl halides is 1. The molecule has 4 heteroatoms. The van der Waals surface area contributed by atoms with Crippen LogP contribution in [0.1, 0.15) is 64.6 Å². The van der Waals surface area contributed by atoms with Gasteiger partial charge in [0.1, 0.15) is 0 Å². The van der Waals surface area contributed by atoms with E-state index in [0.717, 1.165) is 24.6 Å². The second kappa shape index (κ2) is 6.95. The lowest BCUT2D eigenvalue weighted by Crippen LogP contribution is -2.49. The molecule has 1 aliphatic rings. The molecule has 3 nitrogen and oxygen atoms in total. The molecule has 0 aromatic carbocycles. The number of halogens is 1. The molecule has 1 unspecified atom stereocenters. The van der Waals surface area contributed by atoms with Crippen LogP contribution in [0, 0.1) is 5.92 Å². The van der Waals surface area contributed by atoms with Crippen molar-refractivity contribution in [1.29, 1.82) is 0 Å². The van der Waals surface area contributed by atoms with Gasteiger partial charge in [-0.2, -0.15) is 5.10 Å². The predicted molar refractivity (Wildman–Crippen MR) is 85.2 cm³/mol. The maximum atomic E-state index is 6.24. The van der Waals surface area contributed by atoms with Crippen LogP contribution in [0.2, 0.25) is 0 Å². The lowest BCUT2D eigenvalue weighted by atomic mass is 9.78. The molecule has 0 spiro atoms. The topological polar surface area (TPSA) is 29.9 Å². The van der Waals surface area contributed by atoms with E-state index < -0.39 is 0 Å². The Hall–Kier alpha value is -0.540. The summed E-state index contributed by atoms with van der Waals surface area (Å²) in [7, 11) is 0. The van der Waals surface area contributed by atoms with Gasteiger partial charge in [0, 0.05) is 30.2 Å². The van der Waals surface area contributed by atoms with Crippen LogP contribution < -0.4 is 5.32 Å². The SMILES string of the molecule is CCC(C)n1ccc(CNC2(CCl)CCC(C)CC2)n1. The fourth-order valence-corrected chi connectivity index (χ4v) is 3.22. The summed E-state index contributed by atoms with van der Waals surface area (Å²) in [4.78, 5) is 0. The Labute approximate surface area is 128 Å². The number of rotatable bonds is 6. The van der Waals surface area contributed by atoms with Gasteiger partial charge in [-0.1, -0.05) is 13.8 Å². The highest BCUT2D eigenvalue weighted by molar-refractivity contribution is 6.18.